The minimum absolute atomic E-state index is 0.0373. The van der Waals surface area contributed by atoms with E-state index in [0.717, 1.165) is 4.88 Å². The molecule has 0 radical (unpaired) electrons. The summed E-state index contributed by atoms with van der Waals surface area (Å²) in [5.41, 5.74) is 0.839. The van der Waals surface area contributed by atoms with Gasteiger partial charge in [0.15, 0.2) is 0 Å². The molecule has 2 N–H and O–H groups in total. The number of nitrogens with one attached hydrogen (secondary N) is 2. The van der Waals surface area contributed by atoms with Crippen molar-refractivity contribution in [3.8, 4) is 6.07 Å². The minimum Gasteiger partial charge on any atom is -0.372 e. The molecule has 0 saturated heterocycles. The zero-order valence-corrected chi connectivity index (χ0v) is 13.5. The maximum absolute atomic E-state index is 12.4. The second-order valence-corrected chi connectivity index (χ2v) is 6.09. The van der Waals surface area contributed by atoms with E-state index in [-0.39, 0.29) is 23.7 Å². The molecule has 0 atom stereocenters. The average Bonchev–Trinajstić information content (AvgIpc) is 3.13. The summed E-state index contributed by atoms with van der Waals surface area (Å²) in [6.07, 6.45) is 1.60. The molecule has 0 saturated carbocycles. The molecule has 1 amide bonds. The van der Waals surface area contributed by atoms with Crippen LogP contribution in [0.2, 0.25) is 0 Å². The molecule has 0 unspecified atom stereocenters. The van der Waals surface area contributed by atoms with Gasteiger partial charge in [-0.1, -0.05) is 12.1 Å². The third kappa shape index (κ3) is 3.29. The Bertz CT molecular complexity index is 970. The number of hydrogen-bond donors (Lipinski definition) is 2. The zero-order chi connectivity index (χ0) is 16.9. The number of anilines is 1. The fourth-order valence-electron chi connectivity index (χ4n) is 2.30. The fraction of sp³-hybridized carbons (Fsp3) is 0.118. The van der Waals surface area contributed by atoms with Gasteiger partial charge in [-0.05, 0) is 29.6 Å². The predicted octanol–water partition coefficient (Wildman–Crippen LogP) is 1.96. The summed E-state index contributed by atoms with van der Waals surface area (Å²) in [6, 6.07) is 12.6. The van der Waals surface area contributed by atoms with Crippen LogP contribution in [0.3, 0.4) is 0 Å². The van der Waals surface area contributed by atoms with Crippen LogP contribution in [-0.4, -0.2) is 16.9 Å². The lowest BCUT2D eigenvalue weighted by molar-refractivity contribution is -0.119. The van der Waals surface area contributed by atoms with Gasteiger partial charge in [-0.15, -0.1) is 11.3 Å². The Kier molecular flexibility index (Phi) is 4.59. The molecule has 0 fully saturated rings. The molecule has 24 heavy (non-hydrogen) atoms. The second kappa shape index (κ2) is 6.98. The van der Waals surface area contributed by atoms with E-state index in [4.69, 9.17) is 0 Å². The summed E-state index contributed by atoms with van der Waals surface area (Å²) in [6.45, 7) is 0.419. The van der Waals surface area contributed by atoms with Gasteiger partial charge in [0, 0.05) is 11.1 Å². The van der Waals surface area contributed by atoms with Gasteiger partial charge in [0.1, 0.15) is 11.8 Å². The molecule has 0 spiro atoms. The van der Waals surface area contributed by atoms with Crippen molar-refractivity contribution in [2.75, 3.05) is 11.9 Å². The summed E-state index contributed by atoms with van der Waals surface area (Å²) >= 11 is 1.56. The Balaban J connectivity index is 1.73. The standard InChI is InChI=1S/C17H14N4O2S/c18-9-12-8-14(17(23)21-6-2-1-5-15(12)21)19-11-16(22)20-10-13-4-3-7-24-13/h1-8,19H,10-11H2,(H,20,22). The van der Waals surface area contributed by atoms with E-state index in [1.54, 1.807) is 35.7 Å². The normalized spacial score (nSPS) is 10.3. The number of carbonyl (C=O) groups excluding carboxylic acids is 1. The number of nitriles is 1. The van der Waals surface area contributed by atoms with Crippen LogP contribution in [0.4, 0.5) is 5.69 Å². The Morgan fingerprint density at radius 2 is 2.17 bits per heavy atom. The van der Waals surface area contributed by atoms with Crippen LogP contribution in [0, 0.1) is 11.3 Å². The number of nitrogens with zero attached hydrogens (tertiary/aromatic N) is 2. The fourth-order valence-corrected chi connectivity index (χ4v) is 2.95. The first kappa shape index (κ1) is 15.8. The van der Waals surface area contributed by atoms with Gasteiger partial charge in [-0.3, -0.25) is 14.0 Å². The highest BCUT2D eigenvalue weighted by atomic mass is 32.1. The number of carbonyl (C=O) groups is 1. The Labute approximate surface area is 142 Å². The monoisotopic (exact) mass is 338 g/mol. The van der Waals surface area contributed by atoms with Crippen molar-refractivity contribution >= 4 is 28.4 Å². The van der Waals surface area contributed by atoms with Crippen LogP contribution in [0.25, 0.3) is 5.52 Å². The van der Waals surface area contributed by atoms with Crippen molar-refractivity contribution in [2.24, 2.45) is 0 Å². The van der Waals surface area contributed by atoms with Gasteiger partial charge in [-0.2, -0.15) is 5.26 Å². The van der Waals surface area contributed by atoms with E-state index in [2.05, 4.69) is 16.7 Å². The Morgan fingerprint density at radius 1 is 1.29 bits per heavy atom. The minimum atomic E-state index is -0.296. The van der Waals surface area contributed by atoms with E-state index < -0.39 is 0 Å². The third-order valence-corrected chi connectivity index (χ3v) is 4.35. The second-order valence-electron chi connectivity index (χ2n) is 5.05. The smallest absolute Gasteiger partial charge is 0.278 e. The molecule has 0 aliphatic rings. The van der Waals surface area contributed by atoms with Gasteiger partial charge in [-0.25, -0.2) is 0 Å². The van der Waals surface area contributed by atoms with Gasteiger partial charge < -0.3 is 10.6 Å². The van der Waals surface area contributed by atoms with Gasteiger partial charge in [0.2, 0.25) is 5.91 Å². The maximum atomic E-state index is 12.4. The topological polar surface area (TPSA) is 86.4 Å². The number of aromatic nitrogens is 1. The van der Waals surface area contributed by atoms with Crippen LogP contribution < -0.4 is 16.2 Å². The molecule has 7 heteroatoms. The molecule has 0 aliphatic heterocycles. The number of hydrogen-bond acceptors (Lipinski definition) is 5. The first-order valence-electron chi connectivity index (χ1n) is 7.26. The lowest BCUT2D eigenvalue weighted by atomic mass is 10.2. The van der Waals surface area contributed by atoms with Crippen molar-refractivity contribution in [3.63, 3.8) is 0 Å². The first-order valence-corrected chi connectivity index (χ1v) is 8.14. The summed E-state index contributed by atoms with van der Waals surface area (Å²) in [7, 11) is 0. The van der Waals surface area contributed by atoms with Gasteiger partial charge >= 0.3 is 0 Å². The molecule has 0 aliphatic carbocycles. The molecule has 3 rings (SSSR count). The zero-order valence-electron chi connectivity index (χ0n) is 12.7. The van der Waals surface area contributed by atoms with Gasteiger partial charge in [0.25, 0.3) is 5.56 Å². The van der Waals surface area contributed by atoms with E-state index >= 15 is 0 Å². The van der Waals surface area contributed by atoms with E-state index in [0.29, 0.717) is 17.6 Å². The SMILES string of the molecule is N#Cc1cc(NCC(=O)NCc2cccs2)c(=O)n2ccccc12. The highest BCUT2D eigenvalue weighted by Crippen LogP contribution is 2.12. The highest BCUT2D eigenvalue weighted by molar-refractivity contribution is 7.09. The van der Waals surface area contributed by atoms with Crippen LogP contribution in [0.5, 0.6) is 0 Å². The van der Waals surface area contributed by atoms with Crippen LogP contribution in [0.1, 0.15) is 10.4 Å². The summed E-state index contributed by atoms with van der Waals surface area (Å²) in [4.78, 5) is 25.4. The first-order chi connectivity index (χ1) is 11.7. The lowest BCUT2D eigenvalue weighted by Crippen LogP contribution is -2.31. The van der Waals surface area contributed by atoms with Crippen LogP contribution in [-0.2, 0) is 11.3 Å². The molecule has 120 valence electrons. The molecular weight excluding hydrogens is 324 g/mol. The number of pyridine rings is 2. The number of amides is 1. The van der Waals surface area contributed by atoms with Crippen LogP contribution in [0.15, 0.2) is 52.8 Å². The van der Waals surface area contributed by atoms with E-state index in [1.165, 1.54) is 10.5 Å². The van der Waals surface area contributed by atoms with Crippen molar-refractivity contribution in [3.05, 3.63) is 68.8 Å². The summed E-state index contributed by atoms with van der Waals surface area (Å²) < 4.78 is 1.39. The third-order valence-electron chi connectivity index (χ3n) is 3.47. The van der Waals surface area contributed by atoms with Crippen molar-refractivity contribution in [2.45, 2.75) is 6.54 Å². The summed E-state index contributed by atoms with van der Waals surface area (Å²) in [5.74, 6) is -0.223. The summed E-state index contributed by atoms with van der Waals surface area (Å²) in [5, 5.41) is 16.8. The predicted molar refractivity (Wildman–Crippen MR) is 93.0 cm³/mol. The Morgan fingerprint density at radius 3 is 2.92 bits per heavy atom. The molecule has 3 aromatic heterocycles. The quantitative estimate of drug-likeness (QED) is 0.744. The maximum Gasteiger partial charge on any atom is 0.278 e. The number of fused-ring (bicyclic) bond motifs is 1. The van der Waals surface area contributed by atoms with E-state index in [9.17, 15) is 14.9 Å². The van der Waals surface area contributed by atoms with Crippen molar-refractivity contribution < 1.29 is 4.79 Å². The molecule has 6 nitrogen and oxygen atoms in total. The molecule has 3 heterocycles. The highest BCUT2D eigenvalue weighted by Gasteiger charge is 2.10. The average molecular weight is 338 g/mol. The van der Waals surface area contributed by atoms with E-state index in [1.807, 2.05) is 17.5 Å². The Hall–Kier alpha value is -3.11. The molecular formula is C17H14N4O2S. The number of rotatable bonds is 5. The molecule has 0 aromatic carbocycles. The van der Waals surface area contributed by atoms with Gasteiger partial charge in [0.05, 0.1) is 24.2 Å². The molecule has 3 aromatic rings. The molecule has 0 bridgehead atoms. The lowest BCUT2D eigenvalue weighted by Gasteiger charge is -2.09. The number of thiophene rings is 1. The largest absolute Gasteiger partial charge is 0.372 e. The van der Waals surface area contributed by atoms with Crippen LogP contribution >= 0.6 is 11.3 Å². The van der Waals surface area contributed by atoms with Crippen molar-refractivity contribution in [1.29, 1.82) is 5.26 Å². The van der Waals surface area contributed by atoms with Crippen molar-refractivity contribution in [1.82, 2.24) is 9.72 Å².